The lowest BCUT2D eigenvalue weighted by molar-refractivity contribution is 0.0175. The fraction of sp³-hybridized carbons (Fsp3) is 0.303. The van der Waals surface area contributed by atoms with Crippen molar-refractivity contribution < 1.29 is 28.6 Å². The van der Waals surface area contributed by atoms with Crippen LogP contribution < -0.4 is 5.32 Å². The van der Waals surface area contributed by atoms with Crippen molar-refractivity contribution in [3.05, 3.63) is 95.2 Å². The van der Waals surface area contributed by atoms with Crippen LogP contribution in [-0.2, 0) is 12.3 Å². The quantitative estimate of drug-likeness (QED) is 0.210. The number of benzene rings is 3. The Morgan fingerprint density at radius 3 is 2.37 bits per heavy atom. The van der Waals surface area contributed by atoms with Crippen LogP contribution in [0.1, 0.15) is 71.0 Å². The molecule has 6 nitrogen and oxygen atoms in total. The van der Waals surface area contributed by atoms with E-state index in [1.54, 1.807) is 36.4 Å². The van der Waals surface area contributed by atoms with Gasteiger partial charge in [-0.3, -0.25) is 4.79 Å². The molecule has 0 radical (unpaired) electrons. The van der Waals surface area contributed by atoms with Crippen LogP contribution in [0.3, 0.4) is 0 Å². The Balaban J connectivity index is 1.46. The zero-order valence-electron chi connectivity index (χ0n) is 22.7. The molecule has 1 aliphatic carbocycles. The number of nitrogens with zero attached hydrogens (tertiary/aromatic N) is 1. The van der Waals surface area contributed by atoms with E-state index in [1.807, 2.05) is 12.1 Å². The maximum Gasteiger partial charge on any atom is 0.336 e. The van der Waals surface area contributed by atoms with Crippen molar-refractivity contribution in [1.82, 2.24) is 10.3 Å². The van der Waals surface area contributed by atoms with Gasteiger partial charge in [0.1, 0.15) is 11.4 Å². The van der Waals surface area contributed by atoms with Crippen molar-refractivity contribution in [3.63, 3.8) is 0 Å². The van der Waals surface area contributed by atoms with E-state index in [0.29, 0.717) is 28.5 Å². The van der Waals surface area contributed by atoms with Gasteiger partial charge >= 0.3 is 5.97 Å². The first kappa shape index (κ1) is 28.2. The maximum absolute atomic E-state index is 13.9. The maximum atomic E-state index is 13.9. The fourth-order valence-electron chi connectivity index (χ4n) is 5.67. The molecule has 1 saturated carbocycles. The first-order valence-corrected chi connectivity index (χ1v) is 13.8. The lowest BCUT2D eigenvalue weighted by Gasteiger charge is -2.31. The standard InChI is InChI=1S/C33H32F2N2O4/c1-33(34,35)24-9-5-8-22(17-24)23-12-15-28-26(18-23)27(32(40)41)19-30(36-28)31(39)37-29(21-6-3-2-4-7-21)16-20-10-13-25(38)14-11-20/h5,8-15,17-19,21,29,38H,2-4,6-7,16H2,1H3,(H,37,39)(H,40,41). The van der Waals surface area contributed by atoms with E-state index < -0.39 is 17.8 Å². The summed E-state index contributed by atoms with van der Waals surface area (Å²) in [5, 5.41) is 23.1. The number of carboxylic acid groups (broad SMARTS) is 1. The molecule has 1 unspecified atom stereocenters. The zero-order chi connectivity index (χ0) is 29.1. The molecule has 8 heteroatoms. The molecular formula is C33H32F2N2O4. The lowest BCUT2D eigenvalue weighted by Crippen LogP contribution is -2.43. The van der Waals surface area contributed by atoms with Crippen LogP contribution in [0, 0.1) is 5.92 Å². The van der Waals surface area contributed by atoms with Crippen molar-refractivity contribution >= 4 is 22.8 Å². The molecule has 1 amide bonds. The van der Waals surface area contributed by atoms with Gasteiger partial charge in [-0.2, -0.15) is 0 Å². The number of nitrogens with one attached hydrogen (secondary N) is 1. The van der Waals surface area contributed by atoms with Gasteiger partial charge in [0, 0.05) is 23.9 Å². The van der Waals surface area contributed by atoms with Gasteiger partial charge in [0.15, 0.2) is 0 Å². The van der Waals surface area contributed by atoms with Gasteiger partial charge in [-0.1, -0.05) is 55.7 Å². The molecule has 1 fully saturated rings. The summed E-state index contributed by atoms with van der Waals surface area (Å²) in [7, 11) is 0. The third-order valence-corrected chi connectivity index (χ3v) is 7.90. The van der Waals surface area contributed by atoms with Gasteiger partial charge in [-0.05, 0) is 78.3 Å². The smallest absolute Gasteiger partial charge is 0.336 e. The van der Waals surface area contributed by atoms with Crippen LogP contribution in [0.4, 0.5) is 8.78 Å². The van der Waals surface area contributed by atoms with Crippen LogP contribution in [0.2, 0.25) is 0 Å². The van der Waals surface area contributed by atoms with Crippen LogP contribution in [0.15, 0.2) is 72.8 Å². The molecule has 1 heterocycles. The van der Waals surface area contributed by atoms with E-state index in [9.17, 15) is 28.6 Å². The van der Waals surface area contributed by atoms with Gasteiger partial charge in [-0.15, -0.1) is 0 Å². The summed E-state index contributed by atoms with van der Waals surface area (Å²) in [5.41, 5.74) is 2.16. The molecule has 3 N–H and O–H groups in total. The highest BCUT2D eigenvalue weighted by molar-refractivity contribution is 6.06. The molecule has 41 heavy (non-hydrogen) atoms. The zero-order valence-corrected chi connectivity index (χ0v) is 22.7. The Morgan fingerprint density at radius 1 is 0.976 bits per heavy atom. The number of amides is 1. The Hall–Kier alpha value is -4.33. The molecule has 212 valence electrons. The number of hydrogen-bond donors (Lipinski definition) is 3. The summed E-state index contributed by atoms with van der Waals surface area (Å²) < 4.78 is 27.8. The van der Waals surface area contributed by atoms with E-state index in [4.69, 9.17) is 0 Å². The number of alkyl halides is 2. The summed E-state index contributed by atoms with van der Waals surface area (Å²) in [4.78, 5) is 30.3. The summed E-state index contributed by atoms with van der Waals surface area (Å²) in [6.07, 6.45) is 5.90. The van der Waals surface area contributed by atoms with E-state index in [1.165, 1.54) is 24.3 Å². The van der Waals surface area contributed by atoms with Crippen molar-refractivity contribution in [1.29, 1.82) is 0 Å². The fourth-order valence-corrected chi connectivity index (χ4v) is 5.67. The predicted octanol–water partition coefficient (Wildman–Crippen LogP) is 7.34. The van der Waals surface area contributed by atoms with E-state index >= 15 is 0 Å². The molecule has 0 saturated heterocycles. The summed E-state index contributed by atoms with van der Waals surface area (Å²) in [6.45, 7) is 0.828. The van der Waals surface area contributed by atoms with Gasteiger partial charge in [0.2, 0.25) is 0 Å². The normalized spacial score (nSPS) is 15.0. The molecule has 4 aromatic rings. The number of aromatic carboxylic acids is 1. The van der Waals surface area contributed by atoms with Crippen molar-refractivity contribution in [2.75, 3.05) is 0 Å². The molecule has 0 aliphatic heterocycles. The molecular weight excluding hydrogens is 526 g/mol. The van der Waals surface area contributed by atoms with Gasteiger partial charge < -0.3 is 15.5 Å². The second-order valence-corrected chi connectivity index (χ2v) is 10.9. The summed E-state index contributed by atoms with van der Waals surface area (Å²) in [6, 6.07) is 18.9. The van der Waals surface area contributed by atoms with Crippen molar-refractivity contribution in [2.45, 2.75) is 57.4 Å². The van der Waals surface area contributed by atoms with Gasteiger partial charge in [-0.25, -0.2) is 18.6 Å². The second kappa shape index (κ2) is 11.6. The number of phenols is 1. The Bertz CT molecular complexity index is 1570. The third-order valence-electron chi connectivity index (χ3n) is 7.90. The molecule has 1 aliphatic rings. The minimum absolute atomic E-state index is 0.00166. The highest BCUT2D eigenvalue weighted by Gasteiger charge is 2.27. The van der Waals surface area contributed by atoms with Crippen LogP contribution >= 0.6 is 0 Å². The van der Waals surface area contributed by atoms with Crippen molar-refractivity contribution in [2.24, 2.45) is 5.92 Å². The number of carbonyl (C=O) groups is 2. The number of rotatable bonds is 8. The number of carbonyl (C=O) groups excluding carboxylic acids is 1. The number of hydrogen-bond acceptors (Lipinski definition) is 4. The molecule has 0 bridgehead atoms. The number of phenolic OH excluding ortho intramolecular Hbond substituents is 1. The monoisotopic (exact) mass is 558 g/mol. The van der Waals surface area contributed by atoms with Crippen molar-refractivity contribution in [3.8, 4) is 16.9 Å². The number of carboxylic acids is 1. The van der Waals surface area contributed by atoms with E-state index in [2.05, 4.69) is 10.3 Å². The Kier molecular flexibility index (Phi) is 8.01. The minimum atomic E-state index is -3.01. The van der Waals surface area contributed by atoms with Crippen LogP contribution in [-0.4, -0.2) is 33.1 Å². The first-order chi connectivity index (χ1) is 19.6. The predicted molar refractivity (Wildman–Crippen MR) is 153 cm³/mol. The number of aromatic nitrogens is 1. The number of aromatic hydroxyl groups is 1. The Labute approximate surface area is 237 Å². The summed E-state index contributed by atoms with van der Waals surface area (Å²) >= 11 is 0. The van der Waals surface area contributed by atoms with Crippen LogP contribution in [0.5, 0.6) is 5.75 Å². The average molecular weight is 559 g/mol. The van der Waals surface area contributed by atoms with Gasteiger partial charge in [0.25, 0.3) is 11.8 Å². The van der Waals surface area contributed by atoms with E-state index in [-0.39, 0.29) is 34.5 Å². The average Bonchev–Trinajstić information content (AvgIpc) is 2.97. The largest absolute Gasteiger partial charge is 0.508 e. The number of fused-ring (bicyclic) bond motifs is 1. The number of halogens is 2. The third kappa shape index (κ3) is 6.53. The highest BCUT2D eigenvalue weighted by atomic mass is 19.3. The summed E-state index contributed by atoms with van der Waals surface area (Å²) in [5.74, 6) is -4.24. The first-order valence-electron chi connectivity index (χ1n) is 13.8. The van der Waals surface area contributed by atoms with E-state index in [0.717, 1.165) is 44.6 Å². The Morgan fingerprint density at radius 2 is 1.68 bits per heavy atom. The molecule has 0 spiro atoms. The van der Waals surface area contributed by atoms with Gasteiger partial charge in [0.05, 0.1) is 11.1 Å². The SMILES string of the molecule is CC(F)(F)c1cccc(-c2ccc3nc(C(=O)NC(Cc4ccc(O)cc4)C4CCCCC4)cc(C(=O)O)c3c2)c1. The highest BCUT2D eigenvalue weighted by Crippen LogP contribution is 2.33. The topological polar surface area (TPSA) is 99.5 Å². The minimum Gasteiger partial charge on any atom is -0.508 e. The number of pyridine rings is 1. The second-order valence-electron chi connectivity index (χ2n) is 10.9. The molecule has 1 aromatic heterocycles. The van der Waals surface area contributed by atoms with Crippen LogP contribution in [0.25, 0.3) is 22.0 Å². The molecule has 1 atom stereocenters. The molecule has 5 rings (SSSR count). The molecule has 3 aromatic carbocycles. The lowest BCUT2D eigenvalue weighted by atomic mass is 9.81.